The van der Waals surface area contributed by atoms with Gasteiger partial charge in [0.05, 0.1) is 0 Å². The second-order valence-corrected chi connectivity index (χ2v) is 7.61. The van der Waals surface area contributed by atoms with Crippen LogP contribution in [0.2, 0.25) is 0 Å². The van der Waals surface area contributed by atoms with Gasteiger partial charge < -0.3 is 10.0 Å². The molecule has 140 valence electrons. The lowest BCUT2D eigenvalue weighted by molar-refractivity contribution is -0.138. The van der Waals surface area contributed by atoms with Crippen LogP contribution in [-0.2, 0) is 26.2 Å². The number of amides is 1. The highest BCUT2D eigenvalue weighted by Crippen LogP contribution is 2.09. The molecular weight excluding hydrogens is 344 g/mol. The van der Waals surface area contributed by atoms with E-state index in [0.29, 0.717) is 13.1 Å². The Hall–Kier alpha value is -1.93. The Bertz CT molecular complexity index is 657. The van der Waals surface area contributed by atoms with Crippen LogP contribution in [-0.4, -0.2) is 60.0 Å². The predicted molar refractivity (Wildman–Crippen MR) is 95.4 cm³/mol. The first-order chi connectivity index (χ1) is 11.8. The minimum Gasteiger partial charge on any atom is -0.481 e. The van der Waals surface area contributed by atoms with Crippen LogP contribution in [0.1, 0.15) is 32.3 Å². The first kappa shape index (κ1) is 21.1. The molecule has 7 nitrogen and oxygen atoms in total. The molecule has 1 aromatic carbocycles. The number of carboxylic acid groups (broad SMARTS) is 1. The zero-order valence-corrected chi connectivity index (χ0v) is 15.5. The molecule has 0 unspecified atom stereocenters. The van der Waals surface area contributed by atoms with Gasteiger partial charge in [-0.2, -0.15) is 0 Å². The molecule has 0 spiro atoms. The fourth-order valence-corrected chi connectivity index (χ4v) is 3.94. The van der Waals surface area contributed by atoms with Gasteiger partial charge in [0.2, 0.25) is 15.9 Å². The molecule has 0 aliphatic heterocycles. The van der Waals surface area contributed by atoms with E-state index in [2.05, 4.69) is 0 Å². The summed E-state index contributed by atoms with van der Waals surface area (Å²) in [6, 6.07) is 9.21. The van der Waals surface area contributed by atoms with Gasteiger partial charge in [0.1, 0.15) is 5.75 Å². The molecule has 0 saturated carbocycles. The molecule has 0 aliphatic rings. The topological polar surface area (TPSA) is 95.0 Å². The molecule has 0 heterocycles. The summed E-state index contributed by atoms with van der Waals surface area (Å²) in [7, 11) is -3.67. The van der Waals surface area contributed by atoms with Crippen molar-refractivity contribution in [2.24, 2.45) is 0 Å². The highest BCUT2D eigenvalue weighted by molar-refractivity contribution is 7.89. The maximum Gasteiger partial charge on any atom is 0.303 e. The molecule has 0 bridgehead atoms. The number of carbonyl (C=O) groups excluding carboxylic acids is 1. The summed E-state index contributed by atoms with van der Waals surface area (Å²) in [5, 5.41) is 8.77. The Morgan fingerprint density at radius 2 is 1.68 bits per heavy atom. The van der Waals surface area contributed by atoms with E-state index in [4.69, 9.17) is 5.11 Å². The summed E-state index contributed by atoms with van der Waals surface area (Å²) in [4.78, 5) is 24.7. The summed E-state index contributed by atoms with van der Waals surface area (Å²) in [5.74, 6) is -2.06. The van der Waals surface area contributed by atoms with Crippen molar-refractivity contribution < 1.29 is 23.1 Å². The van der Waals surface area contributed by atoms with Crippen LogP contribution in [0.5, 0.6) is 0 Å². The molecule has 0 radical (unpaired) electrons. The molecule has 0 atom stereocenters. The molecule has 1 aromatic rings. The van der Waals surface area contributed by atoms with Gasteiger partial charge in [-0.3, -0.25) is 9.59 Å². The third-order valence-corrected chi connectivity index (χ3v) is 5.71. The Balaban J connectivity index is 2.85. The fourth-order valence-electron chi connectivity index (χ4n) is 2.47. The van der Waals surface area contributed by atoms with Crippen LogP contribution >= 0.6 is 0 Å². The molecule has 0 aliphatic carbocycles. The lowest BCUT2D eigenvalue weighted by Crippen LogP contribution is -2.41. The molecule has 1 amide bonds. The number of hydrogen-bond donors (Lipinski definition) is 1. The average Bonchev–Trinajstić information content (AvgIpc) is 2.55. The average molecular weight is 370 g/mol. The van der Waals surface area contributed by atoms with E-state index in [1.165, 1.54) is 9.21 Å². The minimum atomic E-state index is -3.67. The lowest BCUT2D eigenvalue weighted by atomic mass is 10.2. The highest BCUT2D eigenvalue weighted by Gasteiger charge is 2.26. The van der Waals surface area contributed by atoms with Gasteiger partial charge in [-0.1, -0.05) is 44.2 Å². The van der Waals surface area contributed by atoms with Crippen molar-refractivity contribution in [3.05, 3.63) is 35.9 Å². The van der Waals surface area contributed by atoms with Crippen molar-refractivity contribution in [1.29, 1.82) is 0 Å². The number of carboxylic acids is 1. The van der Waals surface area contributed by atoms with E-state index in [0.717, 1.165) is 5.56 Å². The maximum absolute atomic E-state index is 12.5. The standard InChI is InChI=1S/C17H26N2O5S/c1-3-19(4-2)25(23,24)14-16(20)18(12-8-11-17(21)22)13-15-9-6-5-7-10-15/h5-7,9-10H,3-4,8,11-14H2,1-2H3,(H,21,22). The van der Waals surface area contributed by atoms with Crippen LogP contribution in [0.25, 0.3) is 0 Å². The number of hydrogen-bond acceptors (Lipinski definition) is 4. The summed E-state index contributed by atoms with van der Waals surface area (Å²) in [6.07, 6.45) is 0.209. The van der Waals surface area contributed by atoms with E-state index in [-0.39, 0.29) is 25.9 Å². The van der Waals surface area contributed by atoms with Gasteiger partial charge in [-0.05, 0) is 12.0 Å². The fraction of sp³-hybridized carbons (Fsp3) is 0.529. The Morgan fingerprint density at radius 3 is 2.20 bits per heavy atom. The van der Waals surface area contributed by atoms with Crippen LogP contribution < -0.4 is 0 Å². The first-order valence-electron chi connectivity index (χ1n) is 8.31. The third-order valence-electron chi connectivity index (χ3n) is 3.79. The quantitative estimate of drug-likeness (QED) is 0.638. The normalized spacial score (nSPS) is 11.5. The summed E-state index contributed by atoms with van der Waals surface area (Å²) >= 11 is 0. The minimum absolute atomic E-state index is 0.0681. The Labute approximate surface area is 149 Å². The van der Waals surface area contributed by atoms with Crippen LogP contribution in [0.4, 0.5) is 0 Å². The van der Waals surface area contributed by atoms with Crippen molar-refractivity contribution in [2.75, 3.05) is 25.4 Å². The van der Waals surface area contributed by atoms with Gasteiger partial charge in [0, 0.05) is 32.6 Å². The summed E-state index contributed by atoms with van der Waals surface area (Å²) in [6.45, 7) is 4.52. The molecule has 0 fully saturated rings. The summed E-state index contributed by atoms with van der Waals surface area (Å²) < 4.78 is 25.9. The predicted octanol–water partition coefficient (Wildman–Crippen LogP) is 1.55. The largest absolute Gasteiger partial charge is 0.481 e. The molecule has 1 N–H and O–H groups in total. The zero-order valence-electron chi connectivity index (χ0n) is 14.7. The molecule has 0 saturated heterocycles. The SMILES string of the molecule is CCN(CC)S(=O)(=O)CC(=O)N(CCCC(=O)O)Cc1ccccc1. The second-order valence-electron chi connectivity index (χ2n) is 5.64. The van der Waals surface area contributed by atoms with Crippen molar-refractivity contribution in [3.8, 4) is 0 Å². The van der Waals surface area contributed by atoms with E-state index in [1.54, 1.807) is 13.8 Å². The van der Waals surface area contributed by atoms with E-state index < -0.39 is 27.7 Å². The van der Waals surface area contributed by atoms with Gasteiger partial charge in [-0.25, -0.2) is 12.7 Å². The van der Waals surface area contributed by atoms with Crippen molar-refractivity contribution in [2.45, 2.75) is 33.2 Å². The van der Waals surface area contributed by atoms with Crippen LogP contribution in [0, 0.1) is 0 Å². The number of sulfonamides is 1. The van der Waals surface area contributed by atoms with Gasteiger partial charge in [-0.15, -0.1) is 0 Å². The van der Waals surface area contributed by atoms with E-state index in [1.807, 2.05) is 30.3 Å². The van der Waals surface area contributed by atoms with E-state index >= 15 is 0 Å². The maximum atomic E-state index is 12.5. The first-order valence-corrected chi connectivity index (χ1v) is 9.92. The van der Waals surface area contributed by atoms with Gasteiger partial charge >= 0.3 is 5.97 Å². The van der Waals surface area contributed by atoms with Crippen LogP contribution in [0.3, 0.4) is 0 Å². The molecule has 25 heavy (non-hydrogen) atoms. The van der Waals surface area contributed by atoms with Crippen molar-refractivity contribution >= 4 is 21.9 Å². The molecule has 0 aromatic heterocycles. The van der Waals surface area contributed by atoms with E-state index in [9.17, 15) is 18.0 Å². The van der Waals surface area contributed by atoms with Crippen molar-refractivity contribution in [1.82, 2.24) is 9.21 Å². The van der Waals surface area contributed by atoms with Gasteiger partial charge in [0.25, 0.3) is 0 Å². The number of carbonyl (C=O) groups is 2. The number of rotatable bonds is 11. The zero-order chi connectivity index (χ0) is 18.9. The molecule has 8 heteroatoms. The monoisotopic (exact) mass is 370 g/mol. The number of nitrogens with zero attached hydrogens (tertiary/aromatic N) is 2. The van der Waals surface area contributed by atoms with Crippen molar-refractivity contribution in [3.63, 3.8) is 0 Å². The third kappa shape index (κ3) is 7.23. The summed E-state index contributed by atoms with van der Waals surface area (Å²) in [5.41, 5.74) is 0.867. The number of benzene rings is 1. The second kappa shape index (κ2) is 10.1. The Morgan fingerprint density at radius 1 is 1.08 bits per heavy atom. The van der Waals surface area contributed by atoms with Crippen LogP contribution in [0.15, 0.2) is 30.3 Å². The molecule has 1 rings (SSSR count). The smallest absolute Gasteiger partial charge is 0.303 e. The Kier molecular flexibility index (Phi) is 8.57. The molecular formula is C17H26N2O5S. The van der Waals surface area contributed by atoms with Gasteiger partial charge in [0.15, 0.2) is 0 Å². The highest BCUT2D eigenvalue weighted by atomic mass is 32.2. The number of aliphatic carboxylic acids is 1. The lowest BCUT2D eigenvalue weighted by Gasteiger charge is -2.25.